The topological polar surface area (TPSA) is 17.1 Å². The van der Waals surface area contributed by atoms with Crippen molar-refractivity contribution < 1.29 is 4.79 Å². The lowest BCUT2D eigenvalue weighted by atomic mass is 9.48. The lowest BCUT2D eigenvalue weighted by Gasteiger charge is -2.57. The summed E-state index contributed by atoms with van der Waals surface area (Å²) < 4.78 is 0. The standard InChI is InChI=1S/C29H46O/c1-7-21(19(2)3)9-8-20(4)25-12-13-26-24-11-10-22-18-23(30)14-16-28(22,5)27(24)15-17-29(25,26)6/h8-9,11,19-22,25-27H,7,10,12-18H2,1-6H3/b9-8+/t20-,21-,22+,25-,26-,27+,28+,29-/m1/s1. The van der Waals surface area contributed by atoms with Gasteiger partial charge in [-0.25, -0.2) is 0 Å². The van der Waals surface area contributed by atoms with Crippen LogP contribution < -0.4 is 0 Å². The summed E-state index contributed by atoms with van der Waals surface area (Å²) >= 11 is 0. The van der Waals surface area contributed by atoms with Gasteiger partial charge in [0.2, 0.25) is 0 Å². The van der Waals surface area contributed by atoms with Crippen LogP contribution >= 0.6 is 0 Å². The predicted octanol–water partition coefficient (Wildman–Crippen LogP) is 8.01. The Hall–Kier alpha value is -0.850. The Morgan fingerprint density at radius 3 is 2.47 bits per heavy atom. The molecule has 0 aliphatic heterocycles. The first-order valence-corrected chi connectivity index (χ1v) is 13.1. The Balaban J connectivity index is 1.54. The van der Waals surface area contributed by atoms with Crippen LogP contribution in [-0.4, -0.2) is 5.78 Å². The van der Waals surface area contributed by atoms with Crippen molar-refractivity contribution >= 4 is 5.78 Å². The number of hydrogen-bond acceptors (Lipinski definition) is 1. The first-order valence-electron chi connectivity index (χ1n) is 13.1. The number of allylic oxidation sites excluding steroid dienone is 4. The van der Waals surface area contributed by atoms with E-state index in [2.05, 4.69) is 59.8 Å². The third kappa shape index (κ3) is 3.57. The Morgan fingerprint density at radius 1 is 1.03 bits per heavy atom. The molecule has 0 heterocycles. The molecule has 0 saturated heterocycles. The highest BCUT2D eigenvalue weighted by Crippen LogP contribution is 2.66. The molecule has 4 aliphatic rings. The molecular formula is C29H46O. The molecule has 0 aromatic rings. The number of fused-ring (bicyclic) bond motifs is 5. The number of Topliss-reactive ketones (excluding diaryl/α,β-unsaturated/α-hetero) is 1. The molecule has 0 bridgehead atoms. The highest BCUT2D eigenvalue weighted by atomic mass is 16.1. The molecule has 168 valence electrons. The van der Waals surface area contributed by atoms with Crippen molar-refractivity contribution in [1.29, 1.82) is 0 Å². The minimum Gasteiger partial charge on any atom is -0.300 e. The van der Waals surface area contributed by atoms with E-state index in [1.165, 1.54) is 32.1 Å². The van der Waals surface area contributed by atoms with E-state index >= 15 is 0 Å². The van der Waals surface area contributed by atoms with Gasteiger partial charge >= 0.3 is 0 Å². The first-order chi connectivity index (χ1) is 14.2. The lowest BCUT2D eigenvalue weighted by molar-refractivity contribution is -0.127. The van der Waals surface area contributed by atoms with Gasteiger partial charge < -0.3 is 0 Å². The second kappa shape index (κ2) is 8.25. The molecule has 0 aromatic heterocycles. The maximum absolute atomic E-state index is 12.1. The van der Waals surface area contributed by atoms with Crippen LogP contribution in [0, 0.1) is 52.3 Å². The summed E-state index contributed by atoms with van der Waals surface area (Å²) in [6, 6.07) is 0. The molecule has 0 amide bonds. The van der Waals surface area contributed by atoms with Crippen LogP contribution in [0.4, 0.5) is 0 Å². The first kappa shape index (κ1) is 22.3. The quantitative estimate of drug-likeness (QED) is 0.419. The average Bonchev–Trinajstić information content (AvgIpc) is 3.06. The van der Waals surface area contributed by atoms with E-state index in [-0.39, 0.29) is 0 Å². The van der Waals surface area contributed by atoms with Crippen molar-refractivity contribution in [2.45, 2.75) is 99.3 Å². The molecule has 0 N–H and O–H groups in total. The van der Waals surface area contributed by atoms with Crippen LogP contribution in [0.5, 0.6) is 0 Å². The molecule has 3 fully saturated rings. The van der Waals surface area contributed by atoms with E-state index in [0.29, 0.717) is 28.4 Å². The molecule has 0 spiro atoms. The van der Waals surface area contributed by atoms with Gasteiger partial charge in [-0.15, -0.1) is 0 Å². The molecule has 1 nitrogen and oxygen atoms in total. The zero-order chi connectivity index (χ0) is 21.7. The van der Waals surface area contributed by atoms with Crippen LogP contribution in [0.1, 0.15) is 99.3 Å². The predicted molar refractivity (Wildman–Crippen MR) is 127 cm³/mol. The summed E-state index contributed by atoms with van der Waals surface area (Å²) in [5.74, 6) is 5.63. The molecule has 8 atom stereocenters. The smallest absolute Gasteiger partial charge is 0.133 e. The fourth-order valence-corrected chi connectivity index (χ4v) is 8.49. The van der Waals surface area contributed by atoms with Gasteiger partial charge in [0.25, 0.3) is 0 Å². The molecule has 3 saturated carbocycles. The van der Waals surface area contributed by atoms with Crippen molar-refractivity contribution in [3.63, 3.8) is 0 Å². The lowest BCUT2D eigenvalue weighted by Crippen LogP contribution is -2.49. The monoisotopic (exact) mass is 410 g/mol. The number of hydrogen-bond donors (Lipinski definition) is 0. The normalized spacial score (nSPS) is 43.2. The largest absolute Gasteiger partial charge is 0.300 e. The van der Waals surface area contributed by atoms with E-state index < -0.39 is 0 Å². The van der Waals surface area contributed by atoms with Gasteiger partial charge in [0.15, 0.2) is 0 Å². The van der Waals surface area contributed by atoms with Crippen molar-refractivity contribution in [2.24, 2.45) is 52.3 Å². The maximum Gasteiger partial charge on any atom is 0.133 e. The fourth-order valence-electron chi connectivity index (χ4n) is 8.49. The van der Waals surface area contributed by atoms with Crippen LogP contribution in [0.15, 0.2) is 23.8 Å². The molecule has 0 aromatic carbocycles. The Bertz CT molecular complexity index is 714. The summed E-state index contributed by atoms with van der Waals surface area (Å²) in [6.45, 7) is 14.7. The zero-order valence-electron chi connectivity index (χ0n) is 20.5. The minimum atomic E-state index is 0.383. The summed E-state index contributed by atoms with van der Waals surface area (Å²) in [6.07, 6.45) is 18.5. The minimum absolute atomic E-state index is 0.383. The van der Waals surface area contributed by atoms with Crippen molar-refractivity contribution in [1.82, 2.24) is 0 Å². The van der Waals surface area contributed by atoms with Crippen LogP contribution in [0.25, 0.3) is 0 Å². The third-order valence-corrected chi connectivity index (χ3v) is 10.6. The summed E-state index contributed by atoms with van der Waals surface area (Å²) in [7, 11) is 0. The van der Waals surface area contributed by atoms with E-state index in [0.717, 1.165) is 55.3 Å². The molecule has 4 aliphatic carbocycles. The van der Waals surface area contributed by atoms with E-state index in [1.54, 1.807) is 0 Å². The van der Waals surface area contributed by atoms with Gasteiger partial charge in [0.1, 0.15) is 5.78 Å². The van der Waals surface area contributed by atoms with Crippen molar-refractivity contribution in [3.8, 4) is 0 Å². The molecular weight excluding hydrogens is 364 g/mol. The molecule has 30 heavy (non-hydrogen) atoms. The summed E-state index contributed by atoms with van der Waals surface area (Å²) in [5, 5.41) is 0. The van der Waals surface area contributed by atoms with Crippen molar-refractivity contribution in [2.75, 3.05) is 0 Å². The van der Waals surface area contributed by atoms with E-state index in [9.17, 15) is 4.79 Å². The Morgan fingerprint density at radius 2 is 1.77 bits per heavy atom. The van der Waals surface area contributed by atoms with Crippen LogP contribution in [-0.2, 0) is 4.79 Å². The highest BCUT2D eigenvalue weighted by molar-refractivity contribution is 5.79. The van der Waals surface area contributed by atoms with Gasteiger partial charge in [-0.1, -0.05) is 65.3 Å². The van der Waals surface area contributed by atoms with Crippen molar-refractivity contribution in [3.05, 3.63) is 23.8 Å². The summed E-state index contributed by atoms with van der Waals surface area (Å²) in [5.41, 5.74) is 2.68. The van der Waals surface area contributed by atoms with Crippen LogP contribution in [0.3, 0.4) is 0 Å². The Kier molecular flexibility index (Phi) is 6.15. The number of carbonyl (C=O) groups excluding carboxylic acids is 1. The van der Waals surface area contributed by atoms with E-state index in [4.69, 9.17) is 0 Å². The van der Waals surface area contributed by atoms with E-state index in [1.807, 2.05) is 5.57 Å². The third-order valence-electron chi connectivity index (χ3n) is 10.6. The van der Waals surface area contributed by atoms with Gasteiger partial charge in [0.05, 0.1) is 0 Å². The average molecular weight is 411 g/mol. The SMILES string of the molecule is CC[C@H](/C=C/[C@@H](C)[C@H]1CC[C@@H]2C3=CC[C@H]4CC(=O)CC[C@]4(C)[C@H]3CC[C@@]21C)C(C)C. The molecule has 1 heteroatoms. The number of rotatable bonds is 5. The highest BCUT2D eigenvalue weighted by Gasteiger charge is 2.58. The molecule has 4 rings (SSSR count). The molecule has 0 unspecified atom stereocenters. The number of carbonyl (C=O) groups is 1. The second-order valence-corrected chi connectivity index (χ2v) is 12.3. The number of ketones is 1. The van der Waals surface area contributed by atoms with Gasteiger partial charge in [-0.3, -0.25) is 4.79 Å². The Labute approximate surface area is 186 Å². The molecule has 0 radical (unpaired) electrons. The second-order valence-electron chi connectivity index (χ2n) is 12.3. The van der Waals surface area contributed by atoms with Gasteiger partial charge in [-0.2, -0.15) is 0 Å². The van der Waals surface area contributed by atoms with Crippen LogP contribution in [0.2, 0.25) is 0 Å². The van der Waals surface area contributed by atoms with Gasteiger partial charge in [-0.05, 0) is 97.2 Å². The maximum atomic E-state index is 12.1. The van der Waals surface area contributed by atoms with Gasteiger partial charge in [0, 0.05) is 12.8 Å². The zero-order valence-corrected chi connectivity index (χ0v) is 20.5. The summed E-state index contributed by atoms with van der Waals surface area (Å²) in [4.78, 5) is 12.1. The fraction of sp³-hybridized carbons (Fsp3) is 0.828.